The third-order valence-corrected chi connectivity index (χ3v) is 2.91. The number of hydrogen-bond donors (Lipinski definition) is 0. The Morgan fingerprint density at radius 1 is 1.31 bits per heavy atom. The molecule has 66 valence electrons. The molecular formula is C10H10N2S. The summed E-state index contributed by atoms with van der Waals surface area (Å²) in [4.78, 5) is 1.27. The lowest BCUT2D eigenvalue weighted by molar-refractivity contribution is 1.07. The zero-order chi connectivity index (χ0) is 9.26. The number of benzene rings is 1. The van der Waals surface area contributed by atoms with Gasteiger partial charge in [-0.1, -0.05) is 0 Å². The lowest BCUT2D eigenvalue weighted by Crippen LogP contribution is -1.85. The number of fused-ring (bicyclic) bond motifs is 1. The second kappa shape index (κ2) is 3.34. The van der Waals surface area contributed by atoms with Gasteiger partial charge in [-0.25, -0.2) is 0 Å². The Hall–Kier alpha value is -1.09. The van der Waals surface area contributed by atoms with E-state index in [0.717, 1.165) is 10.9 Å². The van der Waals surface area contributed by atoms with Crippen molar-refractivity contribution in [3.8, 4) is 0 Å². The van der Waals surface area contributed by atoms with Crippen LogP contribution in [0.3, 0.4) is 0 Å². The number of nitrogens with zero attached hydrogens (tertiary/aromatic N) is 2. The zero-order valence-corrected chi connectivity index (χ0v) is 8.43. The van der Waals surface area contributed by atoms with Crippen molar-refractivity contribution in [2.24, 2.45) is 0 Å². The molecule has 3 heteroatoms. The van der Waals surface area contributed by atoms with Gasteiger partial charge in [-0.05, 0) is 36.9 Å². The standard InChI is InChI=1S/C10H10N2S/c1-7-5-8-3-4-11-12-9(8)6-10(7)13-2/h3-6H,1-2H3. The van der Waals surface area contributed by atoms with Crippen molar-refractivity contribution in [2.75, 3.05) is 6.26 Å². The van der Waals surface area contributed by atoms with Crippen LogP contribution in [-0.2, 0) is 0 Å². The minimum Gasteiger partial charge on any atom is -0.159 e. The largest absolute Gasteiger partial charge is 0.159 e. The molecule has 2 aromatic rings. The highest BCUT2D eigenvalue weighted by molar-refractivity contribution is 7.98. The van der Waals surface area contributed by atoms with Crippen LogP contribution >= 0.6 is 11.8 Å². The molecule has 0 saturated heterocycles. The first-order valence-electron chi connectivity index (χ1n) is 4.07. The lowest BCUT2D eigenvalue weighted by atomic mass is 10.1. The summed E-state index contributed by atoms with van der Waals surface area (Å²) >= 11 is 1.74. The SMILES string of the molecule is CSc1cc2nnccc2cc1C. The molecule has 0 saturated carbocycles. The van der Waals surface area contributed by atoms with E-state index in [9.17, 15) is 0 Å². The van der Waals surface area contributed by atoms with E-state index in [1.807, 2.05) is 6.07 Å². The van der Waals surface area contributed by atoms with Gasteiger partial charge in [-0.3, -0.25) is 0 Å². The highest BCUT2D eigenvalue weighted by Crippen LogP contribution is 2.24. The van der Waals surface area contributed by atoms with Crippen LogP contribution in [-0.4, -0.2) is 16.5 Å². The van der Waals surface area contributed by atoms with E-state index in [-0.39, 0.29) is 0 Å². The third kappa shape index (κ3) is 1.52. The molecule has 0 radical (unpaired) electrons. The molecule has 0 unspecified atom stereocenters. The topological polar surface area (TPSA) is 25.8 Å². The van der Waals surface area contributed by atoms with Crippen molar-refractivity contribution in [3.05, 3.63) is 30.0 Å². The first-order valence-corrected chi connectivity index (χ1v) is 5.30. The first kappa shape index (κ1) is 8.51. The van der Waals surface area contributed by atoms with Crippen LogP contribution in [0.25, 0.3) is 10.9 Å². The van der Waals surface area contributed by atoms with Gasteiger partial charge < -0.3 is 0 Å². The molecule has 0 aliphatic rings. The molecule has 0 aliphatic heterocycles. The Morgan fingerprint density at radius 2 is 2.15 bits per heavy atom. The average Bonchev–Trinajstić information content (AvgIpc) is 2.17. The van der Waals surface area contributed by atoms with Crippen LogP contribution in [0.2, 0.25) is 0 Å². The molecule has 0 atom stereocenters. The zero-order valence-electron chi connectivity index (χ0n) is 7.61. The van der Waals surface area contributed by atoms with Gasteiger partial charge in [-0.15, -0.1) is 11.8 Å². The van der Waals surface area contributed by atoms with E-state index in [4.69, 9.17) is 0 Å². The second-order valence-electron chi connectivity index (χ2n) is 2.91. The Labute approximate surface area is 81.4 Å². The lowest BCUT2D eigenvalue weighted by Gasteiger charge is -2.03. The van der Waals surface area contributed by atoms with Crippen molar-refractivity contribution in [1.82, 2.24) is 10.2 Å². The fourth-order valence-corrected chi connectivity index (χ4v) is 1.96. The van der Waals surface area contributed by atoms with Crippen molar-refractivity contribution in [2.45, 2.75) is 11.8 Å². The molecule has 0 fully saturated rings. The smallest absolute Gasteiger partial charge is 0.0940 e. The van der Waals surface area contributed by atoms with E-state index < -0.39 is 0 Å². The van der Waals surface area contributed by atoms with Crippen LogP contribution in [0.5, 0.6) is 0 Å². The van der Waals surface area contributed by atoms with Gasteiger partial charge in [0.2, 0.25) is 0 Å². The molecule has 1 aromatic heterocycles. The quantitative estimate of drug-likeness (QED) is 0.646. The van der Waals surface area contributed by atoms with Gasteiger partial charge in [0, 0.05) is 10.3 Å². The van der Waals surface area contributed by atoms with E-state index in [1.165, 1.54) is 10.5 Å². The summed E-state index contributed by atoms with van der Waals surface area (Å²) in [6.07, 6.45) is 3.80. The summed E-state index contributed by atoms with van der Waals surface area (Å²) in [5.74, 6) is 0. The van der Waals surface area contributed by atoms with Crippen LogP contribution in [0.4, 0.5) is 0 Å². The summed E-state index contributed by atoms with van der Waals surface area (Å²) in [6.45, 7) is 2.12. The molecule has 2 rings (SSSR count). The first-order chi connectivity index (χ1) is 6.31. The van der Waals surface area contributed by atoms with Gasteiger partial charge in [0.05, 0.1) is 11.7 Å². The summed E-state index contributed by atoms with van der Waals surface area (Å²) < 4.78 is 0. The number of aromatic nitrogens is 2. The minimum atomic E-state index is 0.970. The molecule has 0 bridgehead atoms. The second-order valence-corrected chi connectivity index (χ2v) is 3.76. The van der Waals surface area contributed by atoms with Gasteiger partial charge >= 0.3 is 0 Å². The average molecular weight is 190 g/mol. The molecule has 1 aromatic carbocycles. The maximum atomic E-state index is 4.07. The van der Waals surface area contributed by atoms with Gasteiger partial charge in [0.15, 0.2) is 0 Å². The van der Waals surface area contributed by atoms with Crippen molar-refractivity contribution in [3.63, 3.8) is 0 Å². The maximum Gasteiger partial charge on any atom is 0.0940 e. The maximum absolute atomic E-state index is 4.07. The Morgan fingerprint density at radius 3 is 2.92 bits per heavy atom. The molecule has 2 nitrogen and oxygen atoms in total. The Kier molecular flexibility index (Phi) is 2.19. The summed E-state index contributed by atoms with van der Waals surface area (Å²) in [7, 11) is 0. The van der Waals surface area contributed by atoms with Gasteiger partial charge in [0.1, 0.15) is 0 Å². The monoisotopic (exact) mass is 190 g/mol. The fraction of sp³-hybridized carbons (Fsp3) is 0.200. The van der Waals surface area contributed by atoms with Crippen LogP contribution in [0, 0.1) is 6.92 Å². The molecule has 0 amide bonds. The molecule has 1 heterocycles. The van der Waals surface area contributed by atoms with E-state index in [0.29, 0.717) is 0 Å². The predicted octanol–water partition coefficient (Wildman–Crippen LogP) is 2.66. The number of rotatable bonds is 1. The fourth-order valence-electron chi connectivity index (χ4n) is 1.35. The number of hydrogen-bond acceptors (Lipinski definition) is 3. The number of aryl methyl sites for hydroxylation is 1. The number of thioether (sulfide) groups is 1. The van der Waals surface area contributed by atoms with Crippen molar-refractivity contribution < 1.29 is 0 Å². The van der Waals surface area contributed by atoms with E-state index in [2.05, 4.69) is 35.5 Å². The van der Waals surface area contributed by atoms with Gasteiger partial charge in [0.25, 0.3) is 0 Å². The van der Waals surface area contributed by atoms with Crippen LogP contribution < -0.4 is 0 Å². The summed E-state index contributed by atoms with van der Waals surface area (Å²) in [6, 6.07) is 6.22. The van der Waals surface area contributed by atoms with Crippen molar-refractivity contribution in [1.29, 1.82) is 0 Å². The molecular weight excluding hydrogens is 180 g/mol. The summed E-state index contributed by atoms with van der Waals surface area (Å²) in [5.41, 5.74) is 2.27. The molecule has 13 heavy (non-hydrogen) atoms. The van der Waals surface area contributed by atoms with Crippen molar-refractivity contribution >= 4 is 22.7 Å². The molecule has 0 spiro atoms. The van der Waals surface area contributed by atoms with Gasteiger partial charge in [-0.2, -0.15) is 10.2 Å². The Bertz CT molecular complexity index is 440. The molecule has 0 N–H and O–H groups in total. The normalized spacial score (nSPS) is 10.6. The van der Waals surface area contributed by atoms with E-state index >= 15 is 0 Å². The predicted molar refractivity (Wildman–Crippen MR) is 56.1 cm³/mol. The van der Waals surface area contributed by atoms with Crippen LogP contribution in [0.1, 0.15) is 5.56 Å². The Balaban J connectivity index is 2.74. The summed E-state index contributed by atoms with van der Waals surface area (Å²) in [5, 5.41) is 9.08. The van der Waals surface area contributed by atoms with E-state index in [1.54, 1.807) is 18.0 Å². The third-order valence-electron chi connectivity index (χ3n) is 2.03. The minimum absolute atomic E-state index is 0.970. The van der Waals surface area contributed by atoms with Crippen LogP contribution in [0.15, 0.2) is 29.3 Å². The molecule has 0 aliphatic carbocycles. The highest BCUT2D eigenvalue weighted by atomic mass is 32.2. The highest BCUT2D eigenvalue weighted by Gasteiger charge is 2.00.